The number of nitrogens with zero attached hydrogens (tertiary/aromatic N) is 1. The van der Waals surface area contributed by atoms with E-state index in [-0.39, 0.29) is 10.8 Å². The minimum atomic E-state index is -3.68. The van der Waals surface area contributed by atoms with Crippen LogP contribution in [0.2, 0.25) is 0 Å². The van der Waals surface area contributed by atoms with Crippen molar-refractivity contribution in [3.8, 4) is 5.75 Å². The van der Waals surface area contributed by atoms with Crippen molar-refractivity contribution in [1.82, 2.24) is 0 Å². The molecule has 0 aliphatic carbocycles. The third kappa shape index (κ3) is 3.86. The van der Waals surface area contributed by atoms with Crippen LogP contribution in [0.15, 0.2) is 64.2 Å². The van der Waals surface area contributed by atoms with E-state index in [0.717, 1.165) is 12.0 Å². The Morgan fingerprint density at radius 1 is 1.14 bits per heavy atom. The van der Waals surface area contributed by atoms with E-state index in [9.17, 15) is 13.2 Å². The molecule has 4 rings (SSSR count). The second-order valence-electron chi connectivity index (χ2n) is 6.67. The van der Waals surface area contributed by atoms with E-state index in [0.29, 0.717) is 35.7 Å². The molecule has 0 spiro atoms. The van der Waals surface area contributed by atoms with Crippen LogP contribution in [0.25, 0.3) is 0 Å². The molecule has 2 heterocycles. The van der Waals surface area contributed by atoms with Gasteiger partial charge >= 0.3 is 0 Å². The molecule has 0 fully saturated rings. The number of carbonyl (C=O) groups excluding carboxylic acids is 1. The van der Waals surface area contributed by atoms with Crippen molar-refractivity contribution in [3.05, 3.63) is 70.4 Å². The fraction of sp³-hybridized carbons (Fsp3) is 0.190. The molecule has 6 nitrogen and oxygen atoms in total. The highest BCUT2D eigenvalue weighted by Gasteiger charge is 2.29. The van der Waals surface area contributed by atoms with Crippen molar-refractivity contribution in [2.75, 3.05) is 23.3 Å². The summed E-state index contributed by atoms with van der Waals surface area (Å²) in [6.07, 6.45) is 1.47. The SMILES string of the molecule is COc1ccc(S(=O)(=O)N2CCCc3cc(NC(=O)c4ccsc4)ccc32)cc1. The average Bonchev–Trinajstić information content (AvgIpc) is 3.28. The number of hydrogen-bond acceptors (Lipinski definition) is 5. The van der Waals surface area contributed by atoms with Crippen LogP contribution in [0.3, 0.4) is 0 Å². The number of aryl methyl sites for hydroxylation is 1. The van der Waals surface area contributed by atoms with Gasteiger partial charge < -0.3 is 10.1 Å². The Balaban J connectivity index is 1.61. The van der Waals surface area contributed by atoms with Crippen LogP contribution in [-0.4, -0.2) is 28.0 Å². The van der Waals surface area contributed by atoms with E-state index in [1.54, 1.807) is 55.0 Å². The lowest BCUT2D eigenvalue weighted by molar-refractivity contribution is 0.102. The summed E-state index contributed by atoms with van der Waals surface area (Å²) in [5.41, 5.74) is 2.82. The standard InChI is InChI=1S/C21H20N2O4S2/c1-27-18-5-7-19(8-6-18)29(25,26)23-11-2-3-15-13-17(4-9-20(15)23)22-21(24)16-10-12-28-14-16/h4-10,12-14H,2-3,11H2,1H3,(H,22,24). The highest BCUT2D eigenvalue weighted by Crippen LogP contribution is 2.34. The lowest BCUT2D eigenvalue weighted by Crippen LogP contribution is -2.35. The minimum Gasteiger partial charge on any atom is -0.497 e. The van der Waals surface area contributed by atoms with Crippen LogP contribution in [0.5, 0.6) is 5.75 Å². The summed E-state index contributed by atoms with van der Waals surface area (Å²) in [7, 11) is -2.14. The summed E-state index contributed by atoms with van der Waals surface area (Å²) < 4.78 is 32.9. The highest BCUT2D eigenvalue weighted by molar-refractivity contribution is 7.92. The smallest absolute Gasteiger partial charge is 0.264 e. The number of amides is 1. The second kappa shape index (κ2) is 7.88. The van der Waals surface area contributed by atoms with Gasteiger partial charge in [-0.1, -0.05) is 0 Å². The summed E-state index contributed by atoms with van der Waals surface area (Å²) in [4.78, 5) is 12.5. The molecule has 1 amide bonds. The maximum atomic E-state index is 13.2. The molecule has 2 aromatic carbocycles. The number of benzene rings is 2. The summed E-state index contributed by atoms with van der Waals surface area (Å²) in [5, 5.41) is 6.52. The fourth-order valence-corrected chi connectivity index (χ4v) is 5.54. The summed E-state index contributed by atoms with van der Waals surface area (Å²) >= 11 is 1.46. The van der Waals surface area contributed by atoms with Gasteiger partial charge in [0.1, 0.15) is 5.75 Å². The van der Waals surface area contributed by atoms with Gasteiger partial charge in [0.2, 0.25) is 0 Å². The van der Waals surface area contributed by atoms with Crippen molar-refractivity contribution >= 4 is 38.6 Å². The monoisotopic (exact) mass is 428 g/mol. The first-order valence-electron chi connectivity index (χ1n) is 9.12. The third-order valence-electron chi connectivity index (χ3n) is 4.84. The number of sulfonamides is 1. The molecule has 8 heteroatoms. The van der Waals surface area contributed by atoms with Gasteiger partial charge in [0.25, 0.3) is 15.9 Å². The van der Waals surface area contributed by atoms with E-state index in [1.165, 1.54) is 15.6 Å². The Hall–Kier alpha value is -2.84. The van der Waals surface area contributed by atoms with Crippen LogP contribution in [0.1, 0.15) is 22.3 Å². The Morgan fingerprint density at radius 3 is 2.62 bits per heavy atom. The van der Waals surface area contributed by atoms with Crippen molar-refractivity contribution in [2.24, 2.45) is 0 Å². The van der Waals surface area contributed by atoms with Crippen molar-refractivity contribution in [2.45, 2.75) is 17.7 Å². The first-order valence-corrected chi connectivity index (χ1v) is 11.5. The number of fused-ring (bicyclic) bond motifs is 1. The molecule has 1 aliphatic heterocycles. The number of carbonyl (C=O) groups is 1. The van der Waals surface area contributed by atoms with Gasteiger partial charge in [-0.15, -0.1) is 0 Å². The van der Waals surface area contributed by atoms with Gasteiger partial charge in [0.05, 0.1) is 23.3 Å². The maximum Gasteiger partial charge on any atom is 0.264 e. The quantitative estimate of drug-likeness (QED) is 0.662. The molecule has 1 N–H and O–H groups in total. The predicted octanol–water partition coefficient (Wildman–Crippen LogP) is 4.15. The fourth-order valence-electron chi connectivity index (χ4n) is 3.36. The molecule has 0 saturated heterocycles. The molecule has 3 aromatic rings. The van der Waals surface area contributed by atoms with Crippen molar-refractivity contribution < 1.29 is 17.9 Å². The maximum absolute atomic E-state index is 13.2. The molecule has 0 radical (unpaired) electrons. The predicted molar refractivity (Wildman–Crippen MR) is 115 cm³/mol. The van der Waals surface area contributed by atoms with Crippen molar-refractivity contribution in [3.63, 3.8) is 0 Å². The molecule has 0 saturated carbocycles. The van der Waals surface area contributed by atoms with E-state index < -0.39 is 10.0 Å². The minimum absolute atomic E-state index is 0.176. The van der Waals surface area contributed by atoms with Gasteiger partial charge in [0, 0.05) is 17.6 Å². The van der Waals surface area contributed by atoms with E-state index in [4.69, 9.17) is 4.74 Å². The van der Waals surface area contributed by atoms with Gasteiger partial charge in [-0.25, -0.2) is 8.42 Å². The van der Waals surface area contributed by atoms with E-state index in [1.807, 2.05) is 11.4 Å². The van der Waals surface area contributed by atoms with Crippen LogP contribution in [0.4, 0.5) is 11.4 Å². The topological polar surface area (TPSA) is 75.7 Å². The molecule has 150 valence electrons. The largest absolute Gasteiger partial charge is 0.497 e. The van der Waals surface area contributed by atoms with Crippen LogP contribution in [-0.2, 0) is 16.4 Å². The Labute approximate surface area is 173 Å². The normalized spacial score (nSPS) is 13.6. The van der Waals surface area contributed by atoms with Gasteiger partial charge in [0.15, 0.2) is 0 Å². The number of rotatable bonds is 5. The zero-order chi connectivity index (χ0) is 20.4. The molecule has 0 atom stereocenters. The number of methoxy groups -OCH3 is 1. The zero-order valence-corrected chi connectivity index (χ0v) is 17.4. The Bertz CT molecular complexity index is 1120. The number of nitrogens with one attached hydrogen (secondary N) is 1. The van der Waals surface area contributed by atoms with Gasteiger partial charge in [-0.3, -0.25) is 9.10 Å². The number of ether oxygens (including phenoxy) is 1. The molecule has 29 heavy (non-hydrogen) atoms. The van der Waals surface area contributed by atoms with Crippen molar-refractivity contribution in [1.29, 1.82) is 0 Å². The van der Waals surface area contributed by atoms with Crippen LogP contribution in [0, 0.1) is 0 Å². The first kappa shape index (κ1) is 19.5. The Morgan fingerprint density at radius 2 is 1.93 bits per heavy atom. The number of hydrogen-bond donors (Lipinski definition) is 1. The van der Waals surface area contributed by atoms with E-state index >= 15 is 0 Å². The van der Waals surface area contributed by atoms with Crippen LogP contribution >= 0.6 is 11.3 Å². The second-order valence-corrected chi connectivity index (χ2v) is 9.31. The lowest BCUT2D eigenvalue weighted by atomic mass is 10.0. The molecule has 1 aliphatic rings. The zero-order valence-electron chi connectivity index (χ0n) is 15.8. The lowest BCUT2D eigenvalue weighted by Gasteiger charge is -2.31. The highest BCUT2D eigenvalue weighted by atomic mass is 32.2. The molecular weight excluding hydrogens is 408 g/mol. The van der Waals surface area contributed by atoms with Gasteiger partial charge in [-0.2, -0.15) is 11.3 Å². The molecular formula is C21H20N2O4S2. The van der Waals surface area contributed by atoms with Gasteiger partial charge in [-0.05, 0) is 72.3 Å². The molecule has 0 bridgehead atoms. The van der Waals surface area contributed by atoms with Crippen LogP contribution < -0.4 is 14.4 Å². The third-order valence-corrected chi connectivity index (χ3v) is 7.35. The summed E-state index contributed by atoms with van der Waals surface area (Å²) in [6, 6.07) is 13.5. The Kier molecular flexibility index (Phi) is 5.29. The molecule has 0 unspecified atom stereocenters. The summed E-state index contributed by atoms with van der Waals surface area (Å²) in [6.45, 7) is 0.419. The first-order chi connectivity index (χ1) is 14.0. The molecule has 1 aromatic heterocycles. The summed E-state index contributed by atoms with van der Waals surface area (Å²) in [5.74, 6) is 0.429. The number of anilines is 2. The van der Waals surface area contributed by atoms with E-state index in [2.05, 4.69) is 5.32 Å². The average molecular weight is 429 g/mol. The number of thiophene rings is 1.